The van der Waals surface area contributed by atoms with Gasteiger partial charge in [0.15, 0.2) is 17.9 Å². The lowest BCUT2D eigenvalue weighted by molar-refractivity contribution is -0.222. The van der Waals surface area contributed by atoms with Gasteiger partial charge in [0.1, 0.15) is 24.4 Å². The number of ether oxygens (including phenoxy) is 6. The summed E-state index contributed by atoms with van der Waals surface area (Å²) >= 11 is 0. The zero-order valence-corrected chi connectivity index (χ0v) is 15.5. The summed E-state index contributed by atoms with van der Waals surface area (Å²) in [5.41, 5.74) is 0. The Kier molecular flexibility index (Phi) is 5.23. The molecule has 3 heterocycles. The van der Waals surface area contributed by atoms with E-state index in [4.69, 9.17) is 23.7 Å². The fourth-order valence-corrected chi connectivity index (χ4v) is 3.49. The first kappa shape index (κ1) is 18.8. The van der Waals surface area contributed by atoms with Crippen LogP contribution < -0.4 is 0 Å². The Morgan fingerprint density at radius 1 is 1.00 bits per heavy atom. The van der Waals surface area contributed by atoms with E-state index in [1.165, 1.54) is 7.11 Å². The standard InChI is InChI=1S/C18H28O7/c1-17(2)22-13-11(9-7-6-8-10-12(19)20-5)21-16-15(14(13)23-17)24-18(3,4)25-16/h7,9,11,13-16H,6,8,10H2,1-5H3/b9-7-/t11-,13+,14+,15-,16-/m0/s1. The Morgan fingerprint density at radius 3 is 2.36 bits per heavy atom. The predicted molar refractivity (Wildman–Crippen MR) is 87.5 cm³/mol. The maximum atomic E-state index is 11.1. The molecule has 3 fully saturated rings. The lowest BCUT2D eigenvalue weighted by atomic mass is 9.98. The van der Waals surface area contributed by atoms with Gasteiger partial charge in [-0.15, -0.1) is 0 Å². The maximum absolute atomic E-state index is 11.1. The second-order valence-electron chi connectivity index (χ2n) is 7.53. The van der Waals surface area contributed by atoms with Gasteiger partial charge in [0, 0.05) is 6.42 Å². The van der Waals surface area contributed by atoms with Crippen LogP contribution in [0.3, 0.4) is 0 Å². The second kappa shape index (κ2) is 6.96. The van der Waals surface area contributed by atoms with Crippen LogP contribution in [0.2, 0.25) is 0 Å². The Hall–Kier alpha value is -0.990. The normalized spacial score (nSPS) is 38.5. The van der Waals surface area contributed by atoms with Crippen molar-refractivity contribution in [2.75, 3.05) is 7.11 Å². The van der Waals surface area contributed by atoms with Crippen molar-refractivity contribution in [1.82, 2.24) is 0 Å². The fourth-order valence-electron chi connectivity index (χ4n) is 3.49. The van der Waals surface area contributed by atoms with Crippen LogP contribution >= 0.6 is 0 Å². The molecule has 0 bridgehead atoms. The number of esters is 1. The molecule has 3 rings (SSSR count). The predicted octanol–water partition coefficient (Wildman–Crippen LogP) is 2.28. The Morgan fingerprint density at radius 2 is 1.64 bits per heavy atom. The van der Waals surface area contributed by atoms with E-state index >= 15 is 0 Å². The third-order valence-corrected chi connectivity index (χ3v) is 4.50. The van der Waals surface area contributed by atoms with Crippen molar-refractivity contribution in [3.05, 3.63) is 12.2 Å². The first-order chi connectivity index (χ1) is 11.7. The highest BCUT2D eigenvalue weighted by Crippen LogP contribution is 2.44. The van der Waals surface area contributed by atoms with Crippen LogP contribution in [0.15, 0.2) is 12.2 Å². The van der Waals surface area contributed by atoms with E-state index in [1.54, 1.807) is 0 Å². The Balaban J connectivity index is 1.64. The average molecular weight is 356 g/mol. The van der Waals surface area contributed by atoms with Crippen molar-refractivity contribution in [3.8, 4) is 0 Å². The molecule has 0 aromatic carbocycles. The summed E-state index contributed by atoms with van der Waals surface area (Å²) in [4.78, 5) is 11.1. The number of methoxy groups -OCH3 is 1. The minimum absolute atomic E-state index is 0.196. The summed E-state index contributed by atoms with van der Waals surface area (Å²) in [5, 5.41) is 0. The first-order valence-electron chi connectivity index (χ1n) is 8.81. The SMILES string of the molecule is COC(=O)CCC/C=C\[C@@H]1O[C@H]2OC(C)(C)O[C@H]2[C@@H]2OC(C)(C)O[C@@H]21. The molecule has 0 aromatic heterocycles. The van der Waals surface area contributed by atoms with E-state index in [0.717, 1.165) is 12.8 Å². The minimum Gasteiger partial charge on any atom is -0.469 e. The lowest BCUT2D eigenvalue weighted by Gasteiger charge is -2.36. The first-order valence-corrected chi connectivity index (χ1v) is 8.81. The molecule has 0 aromatic rings. The van der Waals surface area contributed by atoms with Crippen molar-refractivity contribution < 1.29 is 33.2 Å². The van der Waals surface area contributed by atoms with Crippen LogP contribution in [-0.4, -0.2) is 55.4 Å². The van der Waals surface area contributed by atoms with Gasteiger partial charge in [-0.25, -0.2) is 0 Å². The van der Waals surface area contributed by atoms with Crippen LogP contribution in [0.5, 0.6) is 0 Å². The number of allylic oxidation sites excluding steroid dienone is 1. The van der Waals surface area contributed by atoms with Gasteiger partial charge in [0.25, 0.3) is 0 Å². The Labute approximate surface area is 148 Å². The van der Waals surface area contributed by atoms with Crippen molar-refractivity contribution in [1.29, 1.82) is 0 Å². The molecule has 0 amide bonds. The highest BCUT2D eigenvalue weighted by Gasteiger charge is 2.60. The van der Waals surface area contributed by atoms with E-state index in [1.807, 2.05) is 39.8 Å². The highest BCUT2D eigenvalue weighted by atomic mass is 16.9. The van der Waals surface area contributed by atoms with Crippen molar-refractivity contribution in [3.63, 3.8) is 0 Å². The molecule has 7 heteroatoms. The molecule has 5 atom stereocenters. The van der Waals surface area contributed by atoms with Crippen molar-refractivity contribution >= 4 is 5.97 Å². The number of fused-ring (bicyclic) bond motifs is 3. The highest BCUT2D eigenvalue weighted by molar-refractivity contribution is 5.69. The number of unbranched alkanes of at least 4 members (excludes halogenated alkanes) is 1. The third kappa shape index (κ3) is 4.23. The van der Waals surface area contributed by atoms with Gasteiger partial charge in [-0.3, -0.25) is 4.79 Å². The number of carbonyl (C=O) groups excluding carboxylic acids is 1. The molecule has 0 saturated carbocycles. The van der Waals surface area contributed by atoms with Crippen molar-refractivity contribution in [2.24, 2.45) is 0 Å². The van der Waals surface area contributed by atoms with Crippen LogP contribution in [0.1, 0.15) is 47.0 Å². The summed E-state index contributed by atoms with van der Waals surface area (Å²) in [6, 6.07) is 0. The summed E-state index contributed by atoms with van der Waals surface area (Å²) in [6.07, 6.45) is 4.25. The molecular weight excluding hydrogens is 328 g/mol. The van der Waals surface area contributed by atoms with E-state index < -0.39 is 17.9 Å². The number of carbonyl (C=O) groups is 1. The summed E-state index contributed by atoms with van der Waals surface area (Å²) in [6.45, 7) is 7.50. The molecule has 0 spiro atoms. The minimum atomic E-state index is -0.713. The van der Waals surface area contributed by atoms with Gasteiger partial charge >= 0.3 is 5.97 Å². The van der Waals surface area contributed by atoms with Crippen LogP contribution in [-0.2, 0) is 33.2 Å². The Bertz CT molecular complexity index is 528. The summed E-state index contributed by atoms with van der Waals surface area (Å²) in [7, 11) is 1.40. The number of hydrogen-bond acceptors (Lipinski definition) is 7. The molecule has 3 aliphatic rings. The van der Waals surface area contributed by atoms with Gasteiger partial charge in [-0.1, -0.05) is 12.2 Å². The molecular formula is C18H28O7. The number of rotatable bonds is 5. The van der Waals surface area contributed by atoms with Gasteiger partial charge < -0.3 is 28.4 Å². The molecule has 3 aliphatic heterocycles. The van der Waals surface area contributed by atoms with E-state index in [-0.39, 0.29) is 30.4 Å². The molecule has 0 radical (unpaired) electrons. The zero-order chi connectivity index (χ0) is 18.2. The second-order valence-corrected chi connectivity index (χ2v) is 7.53. The quantitative estimate of drug-likeness (QED) is 0.425. The van der Waals surface area contributed by atoms with Gasteiger partial charge in [-0.05, 0) is 40.5 Å². The molecule has 142 valence electrons. The van der Waals surface area contributed by atoms with Gasteiger partial charge in [0.2, 0.25) is 0 Å². The number of hydrogen-bond donors (Lipinski definition) is 0. The van der Waals surface area contributed by atoms with E-state index in [2.05, 4.69) is 4.74 Å². The van der Waals surface area contributed by atoms with Gasteiger partial charge in [0.05, 0.1) is 7.11 Å². The molecule has 7 nitrogen and oxygen atoms in total. The van der Waals surface area contributed by atoms with Crippen LogP contribution in [0.4, 0.5) is 0 Å². The maximum Gasteiger partial charge on any atom is 0.305 e. The molecule has 25 heavy (non-hydrogen) atoms. The molecule has 0 aliphatic carbocycles. The monoisotopic (exact) mass is 356 g/mol. The fraction of sp³-hybridized carbons (Fsp3) is 0.833. The zero-order valence-electron chi connectivity index (χ0n) is 15.5. The molecule has 0 unspecified atom stereocenters. The summed E-state index contributed by atoms with van der Waals surface area (Å²) < 4.78 is 34.6. The third-order valence-electron chi connectivity index (χ3n) is 4.50. The smallest absolute Gasteiger partial charge is 0.305 e. The molecule has 0 N–H and O–H groups in total. The largest absolute Gasteiger partial charge is 0.469 e. The van der Waals surface area contributed by atoms with Crippen molar-refractivity contribution in [2.45, 2.75) is 89.2 Å². The average Bonchev–Trinajstić information content (AvgIpc) is 3.00. The molecule has 3 saturated heterocycles. The summed E-state index contributed by atoms with van der Waals surface area (Å²) in [5.74, 6) is -1.60. The topological polar surface area (TPSA) is 72.5 Å². The van der Waals surface area contributed by atoms with Crippen LogP contribution in [0.25, 0.3) is 0 Å². The van der Waals surface area contributed by atoms with E-state index in [0.29, 0.717) is 6.42 Å². The van der Waals surface area contributed by atoms with E-state index in [9.17, 15) is 4.79 Å². The lowest BCUT2D eigenvalue weighted by Crippen LogP contribution is -2.54. The van der Waals surface area contributed by atoms with Gasteiger partial charge in [-0.2, -0.15) is 0 Å². The van der Waals surface area contributed by atoms with Crippen LogP contribution in [0, 0.1) is 0 Å².